The van der Waals surface area contributed by atoms with E-state index in [-0.39, 0.29) is 12.4 Å². The monoisotopic (exact) mass is 196 g/mol. The Balaban J connectivity index is 2.85. The van der Waals surface area contributed by atoms with Gasteiger partial charge in [0.15, 0.2) is 0 Å². The van der Waals surface area contributed by atoms with Crippen molar-refractivity contribution in [3.63, 3.8) is 0 Å². The smallest absolute Gasteiger partial charge is 0.132 e. The maximum Gasteiger partial charge on any atom is 0.132 e. The summed E-state index contributed by atoms with van der Waals surface area (Å²) in [5, 5.41) is 18.3. The van der Waals surface area contributed by atoms with Crippen LogP contribution in [0.15, 0.2) is 18.2 Å². The molecule has 0 spiro atoms. The zero-order chi connectivity index (χ0) is 9.68. The van der Waals surface area contributed by atoms with Crippen molar-refractivity contribution in [3.05, 3.63) is 28.8 Å². The minimum absolute atomic E-state index is 0.0291. The minimum atomic E-state index is 0.0291. The van der Waals surface area contributed by atoms with Gasteiger partial charge in [-0.2, -0.15) is 0 Å². The SMILES string of the molecule is OCCC#Cc1ccc(Cl)cc1O. The molecule has 2 nitrogen and oxygen atoms in total. The average Bonchev–Trinajstić information content (AvgIpc) is 2.09. The highest BCUT2D eigenvalue weighted by atomic mass is 35.5. The quantitative estimate of drug-likeness (QED) is 0.673. The normalized spacial score (nSPS) is 9.08. The van der Waals surface area contributed by atoms with Gasteiger partial charge in [0, 0.05) is 11.4 Å². The lowest BCUT2D eigenvalue weighted by molar-refractivity contribution is 0.305. The van der Waals surface area contributed by atoms with Crippen LogP contribution in [0.2, 0.25) is 5.02 Å². The van der Waals surface area contributed by atoms with Gasteiger partial charge >= 0.3 is 0 Å². The number of phenolic OH excluding ortho intramolecular Hbond substituents is 1. The summed E-state index contributed by atoms with van der Waals surface area (Å²) in [6.45, 7) is 0.0291. The Kier molecular flexibility index (Phi) is 3.63. The molecule has 0 bridgehead atoms. The number of aliphatic hydroxyl groups is 1. The summed E-state index contributed by atoms with van der Waals surface area (Å²) in [7, 11) is 0. The van der Waals surface area contributed by atoms with Crippen LogP contribution in [0.5, 0.6) is 5.75 Å². The predicted molar refractivity (Wildman–Crippen MR) is 51.7 cm³/mol. The Morgan fingerprint density at radius 2 is 2.15 bits per heavy atom. The van der Waals surface area contributed by atoms with E-state index >= 15 is 0 Å². The number of hydrogen-bond acceptors (Lipinski definition) is 2. The van der Waals surface area contributed by atoms with Crippen LogP contribution < -0.4 is 0 Å². The zero-order valence-corrected chi connectivity index (χ0v) is 7.67. The summed E-state index contributed by atoms with van der Waals surface area (Å²) in [5.74, 6) is 5.50. The number of phenols is 1. The third-order valence-electron chi connectivity index (χ3n) is 1.42. The highest BCUT2D eigenvalue weighted by molar-refractivity contribution is 6.30. The topological polar surface area (TPSA) is 40.5 Å². The summed E-state index contributed by atoms with van der Waals surface area (Å²) >= 11 is 5.63. The average molecular weight is 197 g/mol. The number of benzene rings is 1. The zero-order valence-electron chi connectivity index (χ0n) is 6.92. The Morgan fingerprint density at radius 3 is 2.77 bits per heavy atom. The first-order valence-corrected chi connectivity index (χ1v) is 4.20. The molecule has 68 valence electrons. The van der Waals surface area contributed by atoms with Crippen LogP contribution >= 0.6 is 11.6 Å². The largest absolute Gasteiger partial charge is 0.507 e. The van der Waals surface area contributed by atoms with Crippen LogP contribution in [0.25, 0.3) is 0 Å². The van der Waals surface area contributed by atoms with Gasteiger partial charge in [0.1, 0.15) is 5.75 Å². The van der Waals surface area contributed by atoms with Crippen molar-refractivity contribution < 1.29 is 10.2 Å². The molecule has 13 heavy (non-hydrogen) atoms. The van der Waals surface area contributed by atoms with Crippen molar-refractivity contribution in [1.29, 1.82) is 0 Å². The molecule has 1 rings (SSSR count). The van der Waals surface area contributed by atoms with Crippen molar-refractivity contribution in [2.75, 3.05) is 6.61 Å². The molecular formula is C10H9ClO2. The maximum absolute atomic E-state index is 9.34. The second-order valence-corrected chi connectivity index (χ2v) is 2.87. The highest BCUT2D eigenvalue weighted by Gasteiger charge is 1.97. The number of rotatable bonds is 1. The van der Waals surface area contributed by atoms with Crippen LogP contribution in [0.4, 0.5) is 0 Å². The van der Waals surface area contributed by atoms with Crippen molar-refractivity contribution in [2.45, 2.75) is 6.42 Å². The fourth-order valence-electron chi connectivity index (χ4n) is 0.824. The van der Waals surface area contributed by atoms with Gasteiger partial charge in [-0.05, 0) is 18.2 Å². The summed E-state index contributed by atoms with van der Waals surface area (Å²) < 4.78 is 0. The standard InChI is InChI=1S/C10H9ClO2/c11-9-5-4-8(10(13)7-9)3-1-2-6-12/h4-5,7,12-13H,2,6H2. The Bertz CT molecular complexity index is 350. The molecule has 0 aliphatic rings. The maximum atomic E-state index is 9.34. The van der Waals surface area contributed by atoms with E-state index in [2.05, 4.69) is 11.8 Å². The van der Waals surface area contributed by atoms with E-state index in [1.54, 1.807) is 12.1 Å². The molecule has 0 radical (unpaired) electrons. The number of hydrogen-bond donors (Lipinski definition) is 2. The van der Waals surface area contributed by atoms with Crippen molar-refractivity contribution in [1.82, 2.24) is 0 Å². The molecule has 0 saturated heterocycles. The molecule has 0 fully saturated rings. The second-order valence-electron chi connectivity index (χ2n) is 2.44. The van der Waals surface area contributed by atoms with Gasteiger partial charge in [-0.1, -0.05) is 23.4 Å². The molecule has 0 unspecified atom stereocenters. The highest BCUT2D eigenvalue weighted by Crippen LogP contribution is 2.20. The van der Waals surface area contributed by atoms with Gasteiger partial charge < -0.3 is 10.2 Å². The molecule has 2 N–H and O–H groups in total. The molecule has 0 heterocycles. The van der Waals surface area contributed by atoms with E-state index in [0.717, 1.165) is 0 Å². The first-order valence-electron chi connectivity index (χ1n) is 3.82. The molecular weight excluding hydrogens is 188 g/mol. The molecule has 0 atom stereocenters. The molecule has 0 saturated carbocycles. The summed E-state index contributed by atoms with van der Waals surface area (Å²) in [4.78, 5) is 0. The molecule has 0 aromatic heterocycles. The summed E-state index contributed by atoms with van der Waals surface area (Å²) in [5.41, 5.74) is 0.526. The minimum Gasteiger partial charge on any atom is -0.507 e. The van der Waals surface area contributed by atoms with Crippen molar-refractivity contribution in [3.8, 4) is 17.6 Å². The summed E-state index contributed by atoms with van der Waals surface area (Å²) in [6, 6.07) is 4.73. The van der Waals surface area contributed by atoms with E-state index in [4.69, 9.17) is 16.7 Å². The fourth-order valence-corrected chi connectivity index (χ4v) is 0.990. The van der Waals surface area contributed by atoms with E-state index < -0.39 is 0 Å². The third kappa shape index (κ3) is 2.98. The lowest BCUT2D eigenvalue weighted by Crippen LogP contribution is -1.79. The fraction of sp³-hybridized carbons (Fsp3) is 0.200. The molecule has 0 aliphatic carbocycles. The van der Waals surface area contributed by atoms with Crippen LogP contribution in [-0.4, -0.2) is 16.8 Å². The number of halogens is 1. The van der Waals surface area contributed by atoms with Crippen molar-refractivity contribution >= 4 is 11.6 Å². The molecule has 1 aromatic rings. The third-order valence-corrected chi connectivity index (χ3v) is 1.65. The Hall–Kier alpha value is -1.17. The van der Waals surface area contributed by atoms with Gasteiger partial charge in [0.25, 0.3) is 0 Å². The molecule has 0 amide bonds. The van der Waals surface area contributed by atoms with Gasteiger partial charge in [-0.3, -0.25) is 0 Å². The van der Waals surface area contributed by atoms with E-state index in [1.807, 2.05) is 0 Å². The molecule has 3 heteroatoms. The van der Waals surface area contributed by atoms with Gasteiger partial charge in [-0.15, -0.1) is 0 Å². The molecule has 1 aromatic carbocycles. The van der Waals surface area contributed by atoms with E-state index in [1.165, 1.54) is 6.07 Å². The lowest BCUT2D eigenvalue weighted by atomic mass is 10.2. The lowest BCUT2D eigenvalue weighted by Gasteiger charge is -1.96. The van der Waals surface area contributed by atoms with Crippen LogP contribution in [0, 0.1) is 11.8 Å². The van der Waals surface area contributed by atoms with Crippen LogP contribution in [0.1, 0.15) is 12.0 Å². The van der Waals surface area contributed by atoms with Gasteiger partial charge in [0.05, 0.1) is 12.2 Å². The first-order chi connectivity index (χ1) is 6.24. The second kappa shape index (κ2) is 4.76. The number of aliphatic hydroxyl groups excluding tert-OH is 1. The molecule has 0 aliphatic heterocycles. The first kappa shape index (κ1) is 9.91. The Labute approximate surface area is 81.8 Å². The predicted octanol–water partition coefficient (Wildman–Crippen LogP) is 1.78. The van der Waals surface area contributed by atoms with Crippen LogP contribution in [-0.2, 0) is 0 Å². The Morgan fingerprint density at radius 1 is 1.38 bits per heavy atom. The van der Waals surface area contributed by atoms with Crippen molar-refractivity contribution in [2.24, 2.45) is 0 Å². The van der Waals surface area contributed by atoms with Gasteiger partial charge in [-0.25, -0.2) is 0 Å². The number of aromatic hydroxyl groups is 1. The van der Waals surface area contributed by atoms with Crippen LogP contribution in [0.3, 0.4) is 0 Å². The van der Waals surface area contributed by atoms with Gasteiger partial charge in [0.2, 0.25) is 0 Å². The van der Waals surface area contributed by atoms with E-state index in [0.29, 0.717) is 17.0 Å². The van der Waals surface area contributed by atoms with E-state index in [9.17, 15) is 5.11 Å². The summed E-state index contributed by atoms with van der Waals surface area (Å²) in [6.07, 6.45) is 0.405.